The Kier molecular flexibility index (Phi) is 2.40. The molecule has 1 fully saturated rings. The second-order valence-electron chi connectivity index (χ2n) is 2.87. The van der Waals surface area contributed by atoms with Crippen LogP contribution in [-0.4, -0.2) is 28.7 Å². The molecular formula is C7H10N4OS. The SMILES string of the molecule is O=C1NCCCC1Nc1nncs1. The summed E-state index contributed by atoms with van der Waals surface area (Å²) in [7, 11) is 0. The number of rotatable bonds is 2. The average molecular weight is 198 g/mol. The highest BCUT2D eigenvalue weighted by atomic mass is 32.1. The second-order valence-corrected chi connectivity index (χ2v) is 3.71. The molecule has 1 unspecified atom stereocenters. The Bertz CT molecular complexity index is 287. The van der Waals surface area contributed by atoms with Crippen molar-refractivity contribution in [2.75, 3.05) is 11.9 Å². The van der Waals surface area contributed by atoms with Gasteiger partial charge in [-0.2, -0.15) is 0 Å². The molecule has 0 bridgehead atoms. The summed E-state index contributed by atoms with van der Waals surface area (Å²) in [6.45, 7) is 0.785. The lowest BCUT2D eigenvalue weighted by Crippen LogP contribution is -2.44. The Balaban J connectivity index is 1.97. The normalized spacial score (nSPS) is 22.5. The summed E-state index contributed by atoms with van der Waals surface area (Å²) in [6, 6.07) is -0.137. The Morgan fingerprint density at radius 1 is 1.69 bits per heavy atom. The van der Waals surface area contributed by atoms with E-state index in [0.29, 0.717) is 5.13 Å². The van der Waals surface area contributed by atoms with Gasteiger partial charge in [-0.05, 0) is 12.8 Å². The zero-order valence-electron chi connectivity index (χ0n) is 6.99. The van der Waals surface area contributed by atoms with Gasteiger partial charge < -0.3 is 10.6 Å². The van der Waals surface area contributed by atoms with Crippen molar-refractivity contribution in [2.24, 2.45) is 0 Å². The first-order valence-electron chi connectivity index (χ1n) is 4.16. The number of piperidine rings is 1. The van der Waals surface area contributed by atoms with E-state index in [2.05, 4.69) is 20.8 Å². The third-order valence-electron chi connectivity index (χ3n) is 1.94. The molecule has 1 atom stereocenters. The van der Waals surface area contributed by atoms with Crippen LogP contribution in [0, 0.1) is 0 Å². The van der Waals surface area contributed by atoms with E-state index in [1.165, 1.54) is 11.3 Å². The summed E-state index contributed by atoms with van der Waals surface area (Å²) in [4.78, 5) is 11.3. The van der Waals surface area contributed by atoms with Gasteiger partial charge in [-0.1, -0.05) is 11.3 Å². The molecule has 1 aliphatic rings. The van der Waals surface area contributed by atoms with Crippen LogP contribution < -0.4 is 10.6 Å². The van der Waals surface area contributed by atoms with E-state index >= 15 is 0 Å². The molecule has 5 nitrogen and oxygen atoms in total. The number of amides is 1. The molecule has 1 aromatic rings. The largest absolute Gasteiger partial charge is 0.354 e. The number of carbonyl (C=O) groups is 1. The smallest absolute Gasteiger partial charge is 0.242 e. The molecular weight excluding hydrogens is 188 g/mol. The topological polar surface area (TPSA) is 66.9 Å². The minimum absolute atomic E-state index is 0.0569. The van der Waals surface area contributed by atoms with Crippen LogP contribution in [0.3, 0.4) is 0 Å². The number of hydrogen-bond acceptors (Lipinski definition) is 5. The summed E-state index contributed by atoms with van der Waals surface area (Å²) in [5.74, 6) is 0.0569. The fourth-order valence-electron chi connectivity index (χ4n) is 1.29. The Morgan fingerprint density at radius 3 is 3.31 bits per heavy atom. The summed E-state index contributed by atoms with van der Waals surface area (Å²) < 4.78 is 0. The van der Waals surface area contributed by atoms with Crippen molar-refractivity contribution in [1.82, 2.24) is 15.5 Å². The van der Waals surface area contributed by atoms with Crippen LogP contribution in [-0.2, 0) is 4.79 Å². The first-order valence-corrected chi connectivity index (χ1v) is 5.04. The highest BCUT2D eigenvalue weighted by Gasteiger charge is 2.22. The van der Waals surface area contributed by atoms with Crippen LogP contribution in [0.4, 0.5) is 5.13 Å². The van der Waals surface area contributed by atoms with Crippen LogP contribution >= 0.6 is 11.3 Å². The van der Waals surface area contributed by atoms with E-state index in [1.807, 2.05) is 0 Å². The minimum atomic E-state index is -0.137. The van der Waals surface area contributed by atoms with E-state index in [0.717, 1.165) is 19.4 Å². The zero-order valence-corrected chi connectivity index (χ0v) is 7.80. The molecule has 70 valence electrons. The van der Waals surface area contributed by atoms with Crippen molar-refractivity contribution >= 4 is 22.4 Å². The van der Waals surface area contributed by atoms with E-state index in [9.17, 15) is 4.79 Å². The zero-order chi connectivity index (χ0) is 9.10. The molecule has 13 heavy (non-hydrogen) atoms. The predicted octanol–water partition coefficient (Wildman–Crippen LogP) is 0.229. The van der Waals surface area contributed by atoms with Gasteiger partial charge in [-0.25, -0.2) is 0 Å². The average Bonchev–Trinajstić information content (AvgIpc) is 2.61. The van der Waals surface area contributed by atoms with Crippen molar-refractivity contribution in [3.63, 3.8) is 0 Å². The van der Waals surface area contributed by atoms with Crippen LogP contribution in [0.15, 0.2) is 5.51 Å². The first-order chi connectivity index (χ1) is 6.36. The molecule has 1 aliphatic heterocycles. The lowest BCUT2D eigenvalue weighted by Gasteiger charge is -2.21. The monoisotopic (exact) mass is 198 g/mol. The second kappa shape index (κ2) is 3.69. The molecule has 0 aromatic carbocycles. The van der Waals surface area contributed by atoms with Gasteiger partial charge in [0.2, 0.25) is 11.0 Å². The van der Waals surface area contributed by atoms with Gasteiger partial charge in [0.1, 0.15) is 11.6 Å². The standard InChI is InChI=1S/C7H10N4OS/c12-6-5(2-1-3-8-6)10-7-11-9-4-13-7/h4-5H,1-3H2,(H,8,12)(H,10,11). The van der Waals surface area contributed by atoms with Crippen LogP contribution in [0.25, 0.3) is 0 Å². The molecule has 2 N–H and O–H groups in total. The Hall–Kier alpha value is -1.17. The number of aromatic nitrogens is 2. The van der Waals surface area contributed by atoms with Gasteiger partial charge in [0.15, 0.2) is 0 Å². The third kappa shape index (κ3) is 1.95. The van der Waals surface area contributed by atoms with Crippen LogP contribution in [0.5, 0.6) is 0 Å². The van der Waals surface area contributed by atoms with Crippen molar-refractivity contribution in [2.45, 2.75) is 18.9 Å². The Labute approximate surface area is 79.6 Å². The molecule has 2 heterocycles. The fraction of sp³-hybridized carbons (Fsp3) is 0.571. The number of hydrogen-bond donors (Lipinski definition) is 2. The van der Waals surface area contributed by atoms with Crippen molar-refractivity contribution in [3.8, 4) is 0 Å². The maximum absolute atomic E-state index is 11.3. The number of nitrogens with one attached hydrogen (secondary N) is 2. The lowest BCUT2D eigenvalue weighted by atomic mass is 10.1. The number of anilines is 1. The molecule has 1 amide bonds. The summed E-state index contributed by atoms with van der Waals surface area (Å²) in [5.41, 5.74) is 1.64. The summed E-state index contributed by atoms with van der Waals surface area (Å²) in [6.07, 6.45) is 1.88. The van der Waals surface area contributed by atoms with E-state index in [4.69, 9.17) is 0 Å². The third-order valence-corrected chi connectivity index (χ3v) is 2.57. The van der Waals surface area contributed by atoms with Gasteiger partial charge in [-0.15, -0.1) is 10.2 Å². The molecule has 1 aromatic heterocycles. The van der Waals surface area contributed by atoms with Gasteiger partial charge in [0.05, 0.1) is 0 Å². The van der Waals surface area contributed by atoms with E-state index in [-0.39, 0.29) is 11.9 Å². The molecule has 0 aliphatic carbocycles. The maximum atomic E-state index is 11.3. The fourth-order valence-corrected chi connectivity index (χ4v) is 1.79. The molecule has 0 saturated carbocycles. The molecule has 1 saturated heterocycles. The lowest BCUT2D eigenvalue weighted by molar-refractivity contribution is -0.123. The number of nitrogens with zero attached hydrogens (tertiary/aromatic N) is 2. The highest BCUT2D eigenvalue weighted by Crippen LogP contribution is 2.13. The quantitative estimate of drug-likeness (QED) is 0.713. The van der Waals surface area contributed by atoms with Crippen molar-refractivity contribution in [3.05, 3.63) is 5.51 Å². The highest BCUT2D eigenvalue weighted by molar-refractivity contribution is 7.13. The maximum Gasteiger partial charge on any atom is 0.242 e. The van der Waals surface area contributed by atoms with Gasteiger partial charge >= 0.3 is 0 Å². The van der Waals surface area contributed by atoms with Crippen LogP contribution in [0.1, 0.15) is 12.8 Å². The predicted molar refractivity (Wildman–Crippen MR) is 49.6 cm³/mol. The first kappa shape index (κ1) is 8.43. The molecule has 0 spiro atoms. The van der Waals surface area contributed by atoms with Gasteiger partial charge in [0.25, 0.3) is 0 Å². The summed E-state index contributed by atoms with van der Waals surface area (Å²) >= 11 is 1.41. The van der Waals surface area contributed by atoms with Crippen LogP contribution in [0.2, 0.25) is 0 Å². The summed E-state index contributed by atoms with van der Waals surface area (Å²) in [5, 5.41) is 14.1. The molecule has 2 rings (SSSR count). The Morgan fingerprint density at radius 2 is 2.62 bits per heavy atom. The molecule has 0 radical (unpaired) electrons. The number of carbonyl (C=O) groups excluding carboxylic acids is 1. The van der Waals surface area contributed by atoms with Gasteiger partial charge in [0, 0.05) is 6.54 Å². The van der Waals surface area contributed by atoms with Crippen molar-refractivity contribution in [1.29, 1.82) is 0 Å². The van der Waals surface area contributed by atoms with E-state index in [1.54, 1.807) is 5.51 Å². The molecule has 6 heteroatoms. The van der Waals surface area contributed by atoms with Gasteiger partial charge in [-0.3, -0.25) is 4.79 Å². The minimum Gasteiger partial charge on any atom is -0.354 e. The van der Waals surface area contributed by atoms with Crippen molar-refractivity contribution < 1.29 is 4.79 Å². The van der Waals surface area contributed by atoms with E-state index < -0.39 is 0 Å².